The Morgan fingerprint density at radius 3 is 2.18 bits per heavy atom. The first-order valence-corrected chi connectivity index (χ1v) is 4.13. The van der Waals surface area contributed by atoms with Crippen molar-refractivity contribution in [1.82, 2.24) is 0 Å². The number of nitrogens with zero attached hydrogens (tertiary/aromatic N) is 2. The van der Waals surface area contributed by atoms with E-state index in [9.17, 15) is 0 Å². The molecule has 0 aromatic rings. The smallest absolute Gasteiger partial charge is 0.0655 e. The molecule has 1 saturated carbocycles. The molecule has 2 heteroatoms. The van der Waals surface area contributed by atoms with Gasteiger partial charge in [-0.05, 0) is 31.6 Å². The van der Waals surface area contributed by atoms with Crippen molar-refractivity contribution < 1.29 is 0 Å². The second kappa shape index (κ2) is 3.98. The van der Waals surface area contributed by atoms with Crippen LogP contribution in [0.3, 0.4) is 0 Å². The third kappa shape index (κ3) is 2.24. The Morgan fingerprint density at radius 2 is 1.73 bits per heavy atom. The van der Waals surface area contributed by atoms with Crippen LogP contribution < -0.4 is 0 Å². The van der Waals surface area contributed by atoms with E-state index >= 15 is 0 Å². The molecule has 0 aromatic carbocycles. The van der Waals surface area contributed by atoms with E-state index < -0.39 is 0 Å². The predicted molar refractivity (Wildman–Crippen MR) is 41.3 cm³/mol. The Bertz CT molecular complexity index is 189. The quantitative estimate of drug-likeness (QED) is 0.572. The Labute approximate surface area is 67.4 Å². The molecular formula is C9H12N2. The summed E-state index contributed by atoms with van der Waals surface area (Å²) in [6, 6.07) is 4.47. The van der Waals surface area contributed by atoms with E-state index in [-0.39, 0.29) is 5.92 Å². The lowest BCUT2D eigenvalue weighted by molar-refractivity contribution is 0.319. The zero-order valence-corrected chi connectivity index (χ0v) is 6.58. The minimum Gasteiger partial charge on any atom is -0.198 e. The van der Waals surface area contributed by atoms with Crippen LogP contribution in [0.4, 0.5) is 0 Å². The molecule has 0 spiro atoms. The van der Waals surface area contributed by atoms with E-state index in [0.29, 0.717) is 12.3 Å². The van der Waals surface area contributed by atoms with E-state index in [1.54, 1.807) is 0 Å². The van der Waals surface area contributed by atoms with Crippen molar-refractivity contribution in [3.05, 3.63) is 0 Å². The van der Waals surface area contributed by atoms with Gasteiger partial charge in [0.15, 0.2) is 0 Å². The molecule has 0 bridgehead atoms. The van der Waals surface area contributed by atoms with Crippen LogP contribution in [0.2, 0.25) is 0 Å². The Balaban J connectivity index is 2.27. The molecule has 0 heterocycles. The molecule has 0 atom stereocenters. The van der Waals surface area contributed by atoms with E-state index in [1.807, 2.05) is 0 Å². The second-order valence-electron chi connectivity index (χ2n) is 3.21. The maximum atomic E-state index is 8.59. The van der Waals surface area contributed by atoms with Gasteiger partial charge >= 0.3 is 0 Å². The highest BCUT2D eigenvalue weighted by Gasteiger charge is 2.19. The predicted octanol–water partition coefficient (Wildman–Crippen LogP) is 2.23. The van der Waals surface area contributed by atoms with Crippen LogP contribution in [0, 0.1) is 34.5 Å². The molecule has 0 aliphatic heterocycles. The van der Waals surface area contributed by atoms with Crippen LogP contribution in [0.1, 0.15) is 32.1 Å². The van der Waals surface area contributed by atoms with Gasteiger partial charge in [-0.15, -0.1) is 0 Å². The monoisotopic (exact) mass is 148 g/mol. The lowest BCUT2D eigenvalue weighted by Gasteiger charge is -2.22. The topological polar surface area (TPSA) is 47.6 Å². The van der Waals surface area contributed by atoms with Crippen molar-refractivity contribution in [3.8, 4) is 12.1 Å². The Morgan fingerprint density at radius 1 is 1.09 bits per heavy atom. The van der Waals surface area contributed by atoms with Gasteiger partial charge in [0, 0.05) is 12.3 Å². The summed E-state index contributed by atoms with van der Waals surface area (Å²) in [5.74, 6) is 0.842. The minimum absolute atomic E-state index is 0.268. The van der Waals surface area contributed by atoms with Crippen LogP contribution in [0.5, 0.6) is 0 Å². The van der Waals surface area contributed by atoms with Gasteiger partial charge in [0.1, 0.15) is 0 Å². The Kier molecular flexibility index (Phi) is 2.93. The van der Waals surface area contributed by atoms with Crippen molar-refractivity contribution in [1.29, 1.82) is 10.5 Å². The molecule has 0 N–H and O–H groups in total. The summed E-state index contributed by atoms with van der Waals surface area (Å²) in [7, 11) is 0. The molecule has 1 fully saturated rings. The summed E-state index contributed by atoms with van der Waals surface area (Å²) >= 11 is 0. The normalized spacial score (nSPS) is 30.4. The molecule has 1 aliphatic carbocycles. The maximum absolute atomic E-state index is 8.59. The van der Waals surface area contributed by atoms with Crippen molar-refractivity contribution in [2.75, 3.05) is 0 Å². The van der Waals surface area contributed by atoms with Crippen LogP contribution >= 0.6 is 0 Å². The largest absolute Gasteiger partial charge is 0.198 e. The molecule has 2 nitrogen and oxygen atoms in total. The number of hydrogen-bond donors (Lipinski definition) is 0. The highest BCUT2D eigenvalue weighted by atomic mass is 14.3. The van der Waals surface area contributed by atoms with Crippen molar-refractivity contribution >= 4 is 0 Å². The van der Waals surface area contributed by atoms with Crippen LogP contribution in [-0.2, 0) is 0 Å². The minimum atomic E-state index is 0.268. The van der Waals surface area contributed by atoms with Gasteiger partial charge in [0.05, 0.1) is 12.1 Å². The standard InChI is InChI=1S/C9H12N2/c10-6-5-8-1-3-9(7-11)4-2-8/h8-9H,1-5H2/t8-,9-. The van der Waals surface area contributed by atoms with Gasteiger partial charge < -0.3 is 0 Å². The lowest BCUT2D eigenvalue weighted by Crippen LogP contribution is -2.12. The first-order chi connectivity index (χ1) is 5.36. The summed E-state index contributed by atoms with van der Waals surface area (Å²) in [5, 5.41) is 17.0. The molecule has 0 amide bonds. The summed E-state index contributed by atoms with van der Waals surface area (Å²) in [6.07, 6.45) is 4.83. The van der Waals surface area contributed by atoms with Crippen LogP contribution in [0.15, 0.2) is 0 Å². The average Bonchev–Trinajstić information content (AvgIpc) is 2.07. The maximum Gasteiger partial charge on any atom is 0.0655 e. The summed E-state index contributed by atoms with van der Waals surface area (Å²) in [5.41, 5.74) is 0. The second-order valence-corrected chi connectivity index (χ2v) is 3.21. The summed E-state index contributed by atoms with van der Waals surface area (Å²) < 4.78 is 0. The third-order valence-corrected chi connectivity index (χ3v) is 2.41. The average molecular weight is 148 g/mol. The Hall–Kier alpha value is -1.02. The molecule has 1 aliphatic rings. The first kappa shape index (κ1) is 8.08. The highest BCUT2D eigenvalue weighted by molar-refractivity contribution is 4.89. The number of hydrogen-bond acceptors (Lipinski definition) is 2. The van der Waals surface area contributed by atoms with E-state index in [0.717, 1.165) is 25.7 Å². The van der Waals surface area contributed by atoms with Gasteiger partial charge in [-0.3, -0.25) is 0 Å². The van der Waals surface area contributed by atoms with Gasteiger partial charge in [0.2, 0.25) is 0 Å². The fraction of sp³-hybridized carbons (Fsp3) is 0.778. The first-order valence-electron chi connectivity index (χ1n) is 4.13. The van der Waals surface area contributed by atoms with Gasteiger partial charge in [0.25, 0.3) is 0 Å². The number of nitriles is 2. The van der Waals surface area contributed by atoms with E-state index in [2.05, 4.69) is 12.1 Å². The molecule has 0 aromatic heterocycles. The number of rotatable bonds is 1. The van der Waals surface area contributed by atoms with Crippen LogP contribution in [-0.4, -0.2) is 0 Å². The van der Waals surface area contributed by atoms with Crippen molar-refractivity contribution in [2.24, 2.45) is 11.8 Å². The summed E-state index contributed by atoms with van der Waals surface area (Å²) in [4.78, 5) is 0. The molecule has 11 heavy (non-hydrogen) atoms. The molecular weight excluding hydrogens is 136 g/mol. The zero-order chi connectivity index (χ0) is 8.10. The summed E-state index contributed by atoms with van der Waals surface area (Å²) in [6.45, 7) is 0. The van der Waals surface area contributed by atoms with Crippen molar-refractivity contribution in [3.63, 3.8) is 0 Å². The fourth-order valence-electron chi connectivity index (χ4n) is 1.62. The van der Waals surface area contributed by atoms with Crippen LogP contribution in [0.25, 0.3) is 0 Å². The van der Waals surface area contributed by atoms with Gasteiger partial charge in [-0.1, -0.05) is 0 Å². The molecule has 0 unspecified atom stereocenters. The molecule has 0 saturated heterocycles. The van der Waals surface area contributed by atoms with Crippen molar-refractivity contribution in [2.45, 2.75) is 32.1 Å². The molecule has 0 radical (unpaired) electrons. The molecule has 1 rings (SSSR count). The van der Waals surface area contributed by atoms with E-state index in [4.69, 9.17) is 10.5 Å². The molecule has 58 valence electrons. The SMILES string of the molecule is N#CC[C@H]1CC[C@H](C#N)CC1. The highest BCUT2D eigenvalue weighted by Crippen LogP contribution is 2.29. The third-order valence-electron chi connectivity index (χ3n) is 2.41. The van der Waals surface area contributed by atoms with E-state index in [1.165, 1.54) is 0 Å². The van der Waals surface area contributed by atoms with Gasteiger partial charge in [-0.2, -0.15) is 10.5 Å². The zero-order valence-electron chi connectivity index (χ0n) is 6.58. The lowest BCUT2D eigenvalue weighted by atomic mass is 9.81. The fourth-order valence-corrected chi connectivity index (χ4v) is 1.62. The van der Waals surface area contributed by atoms with Gasteiger partial charge in [-0.25, -0.2) is 0 Å².